The van der Waals surface area contributed by atoms with E-state index in [1.165, 1.54) is 5.56 Å². The molecule has 0 unspecified atom stereocenters. The van der Waals surface area contributed by atoms with Gasteiger partial charge in [0.15, 0.2) is 0 Å². The van der Waals surface area contributed by atoms with Crippen molar-refractivity contribution in [1.29, 1.82) is 0 Å². The lowest BCUT2D eigenvalue weighted by Gasteiger charge is -2.05. The van der Waals surface area contributed by atoms with E-state index in [0.717, 1.165) is 6.42 Å². The smallest absolute Gasteiger partial charge is 0.251 e. The van der Waals surface area contributed by atoms with E-state index in [1.54, 1.807) is 24.3 Å². The Morgan fingerprint density at radius 2 is 1.76 bits per heavy atom. The van der Waals surface area contributed by atoms with E-state index in [2.05, 4.69) is 23.5 Å². The fourth-order valence-corrected chi connectivity index (χ4v) is 1.61. The maximum atomic E-state index is 11.7. The number of amides is 1. The molecule has 0 saturated carbocycles. The molecule has 1 radical (unpaired) electrons. The Balaban J connectivity index is 1.82. The zero-order valence-electron chi connectivity index (χ0n) is 9.52. The molecule has 2 aromatic carbocycles. The van der Waals surface area contributed by atoms with Gasteiger partial charge < -0.3 is 5.32 Å². The van der Waals surface area contributed by atoms with Gasteiger partial charge >= 0.3 is 0 Å². The third kappa shape index (κ3) is 3.45. The molecule has 0 bridgehead atoms. The van der Waals surface area contributed by atoms with E-state index in [9.17, 15) is 4.79 Å². The Labute approximate surface area is 101 Å². The highest BCUT2D eigenvalue weighted by Gasteiger charge is 2.02. The summed E-state index contributed by atoms with van der Waals surface area (Å²) in [6.07, 6.45) is 0.853. The molecular weight excluding hydrogens is 210 g/mol. The molecule has 0 spiro atoms. The van der Waals surface area contributed by atoms with E-state index in [0.29, 0.717) is 12.1 Å². The summed E-state index contributed by atoms with van der Waals surface area (Å²) in [6.45, 7) is 0.654. The summed E-state index contributed by atoms with van der Waals surface area (Å²) < 4.78 is 0. The molecule has 0 aromatic heterocycles. The summed E-state index contributed by atoms with van der Waals surface area (Å²) >= 11 is 0. The average molecular weight is 224 g/mol. The summed E-state index contributed by atoms with van der Waals surface area (Å²) in [6, 6.07) is 20.0. The van der Waals surface area contributed by atoms with E-state index >= 15 is 0 Å². The molecule has 0 aliphatic rings. The van der Waals surface area contributed by atoms with E-state index in [4.69, 9.17) is 0 Å². The molecule has 2 heteroatoms. The first-order valence-corrected chi connectivity index (χ1v) is 5.64. The largest absolute Gasteiger partial charge is 0.352 e. The molecule has 0 aliphatic heterocycles. The summed E-state index contributed by atoms with van der Waals surface area (Å²) in [4.78, 5) is 11.7. The quantitative estimate of drug-likeness (QED) is 0.849. The maximum Gasteiger partial charge on any atom is 0.251 e. The highest BCUT2D eigenvalue weighted by Crippen LogP contribution is 2.00. The van der Waals surface area contributed by atoms with Crippen molar-refractivity contribution in [2.75, 3.05) is 6.54 Å². The predicted molar refractivity (Wildman–Crippen MR) is 67.8 cm³/mol. The van der Waals surface area contributed by atoms with Gasteiger partial charge in [0.25, 0.3) is 5.91 Å². The van der Waals surface area contributed by atoms with Gasteiger partial charge in [0.05, 0.1) is 0 Å². The molecule has 0 aliphatic carbocycles. The lowest BCUT2D eigenvalue weighted by atomic mass is 10.1. The zero-order chi connectivity index (χ0) is 11.9. The van der Waals surface area contributed by atoms with Crippen LogP contribution >= 0.6 is 0 Å². The first-order valence-electron chi connectivity index (χ1n) is 5.64. The van der Waals surface area contributed by atoms with E-state index in [1.807, 2.05) is 18.2 Å². The summed E-state index contributed by atoms with van der Waals surface area (Å²) in [5.41, 5.74) is 1.91. The van der Waals surface area contributed by atoms with Crippen LogP contribution < -0.4 is 5.32 Å². The molecular formula is C15H14NO. The first kappa shape index (κ1) is 11.4. The molecule has 0 saturated heterocycles. The number of rotatable bonds is 4. The van der Waals surface area contributed by atoms with Crippen molar-refractivity contribution in [3.8, 4) is 0 Å². The topological polar surface area (TPSA) is 29.1 Å². The number of benzene rings is 2. The van der Waals surface area contributed by atoms with Crippen molar-refractivity contribution in [1.82, 2.24) is 5.32 Å². The van der Waals surface area contributed by atoms with Crippen LogP contribution in [0.25, 0.3) is 0 Å². The molecule has 0 heterocycles. The minimum absolute atomic E-state index is 0.0325. The standard InChI is InChI=1S/C15H14NO/c17-15(14-9-5-2-6-10-14)16-12-11-13-7-3-1-4-8-13/h1,3-10H,11-12H2,(H,16,17). The van der Waals surface area contributed by atoms with Crippen LogP contribution in [0.5, 0.6) is 0 Å². The normalized spacial score (nSPS) is 9.88. The molecule has 2 nitrogen and oxygen atoms in total. The molecule has 1 amide bonds. The number of carbonyl (C=O) groups is 1. The second-order valence-corrected chi connectivity index (χ2v) is 3.78. The van der Waals surface area contributed by atoms with Gasteiger partial charge in [0, 0.05) is 12.1 Å². The van der Waals surface area contributed by atoms with Gasteiger partial charge in [-0.15, -0.1) is 0 Å². The fourth-order valence-electron chi connectivity index (χ4n) is 1.61. The van der Waals surface area contributed by atoms with Crippen LogP contribution in [0.3, 0.4) is 0 Å². The van der Waals surface area contributed by atoms with Gasteiger partial charge in [-0.1, -0.05) is 42.5 Å². The van der Waals surface area contributed by atoms with Gasteiger partial charge in [-0.05, 0) is 30.2 Å². The van der Waals surface area contributed by atoms with Crippen LogP contribution in [-0.4, -0.2) is 12.5 Å². The Morgan fingerprint density at radius 1 is 1.06 bits per heavy atom. The minimum atomic E-state index is -0.0325. The van der Waals surface area contributed by atoms with Crippen molar-refractivity contribution in [3.05, 3.63) is 71.8 Å². The van der Waals surface area contributed by atoms with Crippen LogP contribution in [-0.2, 0) is 6.42 Å². The van der Waals surface area contributed by atoms with E-state index < -0.39 is 0 Å². The van der Waals surface area contributed by atoms with Gasteiger partial charge in [-0.3, -0.25) is 4.79 Å². The second-order valence-electron chi connectivity index (χ2n) is 3.78. The second kappa shape index (κ2) is 5.85. The van der Waals surface area contributed by atoms with Crippen molar-refractivity contribution >= 4 is 5.91 Å². The van der Waals surface area contributed by atoms with Crippen LogP contribution in [0.4, 0.5) is 0 Å². The molecule has 17 heavy (non-hydrogen) atoms. The summed E-state index contributed by atoms with van der Waals surface area (Å²) in [5, 5.41) is 2.89. The van der Waals surface area contributed by atoms with Gasteiger partial charge in [-0.2, -0.15) is 0 Å². The zero-order valence-corrected chi connectivity index (χ0v) is 9.52. The highest BCUT2D eigenvalue weighted by molar-refractivity contribution is 5.94. The Bertz CT molecular complexity index is 465. The van der Waals surface area contributed by atoms with Gasteiger partial charge in [0.1, 0.15) is 0 Å². The number of hydrogen-bond acceptors (Lipinski definition) is 1. The SMILES string of the molecule is O=C(NCCc1ccccc1)c1cc[c]cc1. The van der Waals surface area contributed by atoms with Gasteiger partial charge in [0.2, 0.25) is 0 Å². The van der Waals surface area contributed by atoms with Crippen molar-refractivity contribution in [3.63, 3.8) is 0 Å². The summed E-state index contributed by atoms with van der Waals surface area (Å²) in [7, 11) is 0. The Kier molecular flexibility index (Phi) is 3.92. The molecule has 2 rings (SSSR count). The predicted octanol–water partition coefficient (Wildman–Crippen LogP) is 2.46. The third-order valence-corrected chi connectivity index (χ3v) is 2.52. The lowest BCUT2D eigenvalue weighted by Crippen LogP contribution is -2.25. The summed E-state index contributed by atoms with van der Waals surface area (Å²) in [5.74, 6) is -0.0325. The van der Waals surface area contributed by atoms with Crippen LogP contribution in [0, 0.1) is 6.07 Å². The number of nitrogens with one attached hydrogen (secondary N) is 1. The maximum absolute atomic E-state index is 11.7. The molecule has 0 fully saturated rings. The third-order valence-electron chi connectivity index (χ3n) is 2.52. The number of carbonyl (C=O) groups excluding carboxylic acids is 1. The number of hydrogen-bond donors (Lipinski definition) is 1. The fraction of sp³-hybridized carbons (Fsp3) is 0.133. The van der Waals surface area contributed by atoms with Crippen molar-refractivity contribution in [2.24, 2.45) is 0 Å². The monoisotopic (exact) mass is 224 g/mol. The molecule has 2 aromatic rings. The Hall–Kier alpha value is -2.09. The van der Waals surface area contributed by atoms with Gasteiger partial charge in [-0.25, -0.2) is 0 Å². The van der Waals surface area contributed by atoms with E-state index in [-0.39, 0.29) is 5.91 Å². The molecule has 1 N–H and O–H groups in total. The first-order chi connectivity index (χ1) is 8.36. The van der Waals surface area contributed by atoms with Crippen molar-refractivity contribution < 1.29 is 4.79 Å². The van der Waals surface area contributed by atoms with Crippen LogP contribution in [0.2, 0.25) is 0 Å². The average Bonchev–Trinajstić information content (AvgIpc) is 2.41. The minimum Gasteiger partial charge on any atom is -0.352 e. The molecule has 85 valence electrons. The highest BCUT2D eigenvalue weighted by atomic mass is 16.1. The van der Waals surface area contributed by atoms with Crippen LogP contribution in [0.1, 0.15) is 15.9 Å². The lowest BCUT2D eigenvalue weighted by molar-refractivity contribution is 0.0954. The van der Waals surface area contributed by atoms with Crippen LogP contribution in [0.15, 0.2) is 54.6 Å². The Morgan fingerprint density at radius 3 is 2.47 bits per heavy atom. The van der Waals surface area contributed by atoms with Crippen molar-refractivity contribution in [2.45, 2.75) is 6.42 Å². The molecule has 0 atom stereocenters.